The molecule has 0 radical (unpaired) electrons. The number of hydrogen-bond donors (Lipinski definition) is 0. The normalized spacial score (nSPS) is 11.8. The number of ether oxygens (including phenoxy) is 1. The van der Waals surface area contributed by atoms with E-state index in [1.54, 1.807) is 7.11 Å². The summed E-state index contributed by atoms with van der Waals surface area (Å²) in [5.74, 6) is 0.407. The van der Waals surface area contributed by atoms with E-state index in [1.807, 2.05) is 60.4 Å². The molecule has 0 aliphatic rings. The Labute approximate surface area is 429 Å². The molecule has 73 heavy (non-hydrogen) atoms. The Morgan fingerprint density at radius 2 is 0.699 bits per heavy atom. The number of hydrogen-bond acceptors (Lipinski definition) is 6. The first-order chi connectivity index (χ1) is 35.1. The summed E-state index contributed by atoms with van der Waals surface area (Å²) in [6.45, 7) is 8.38. The number of nitrogens with zero attached hydrogens (tertiary/aromatic N) is 2. The van der Waals surface area contributed by atoms with Crippen molar-refractivity contribution in [3.05, 3.63) is 246 Å². The average Bonchev–Trinajstić information content (AvgIpc) is 3.40. The zero-order valence-corrected chi connectivity index (χ0v) is 44.2. The van der Waals surface area contributed by atoms with Gasteiger partial charge in [-0.2, -0.15) is 21.6 Å². The van der Waals surface area contributed by atoms with Gasteiger partial charge in [0.25, 0.3) is 0 Å². The maximum atomic E-state index is 13.1. The number of methoxy groups -OCH3 is 1. The minimum atomic E-state index is -5.82. The van der Waals surface area contributed by atoms with Gasteiger partial charge in [0.2, 0.25) is 0 Å². The van der Waals surface area contributed by atoms with E-state index in [2.05, 4.69) is 175 Å². The summed E-state index contributed by atoms with van der Waals surface area (Å²) in [6.07, 6.45) is 0.930. The molecule has 9 rings (SSSR count). The van der Waals surface area contributed by atoms with Crippen LogP contribution < -0.4 is 31.9 Å². The Balaban J connectivity index is 1.04. The molecule has 368 valence electrons. The van der Waals surface area contributed by atoms with Gasteiger partial charge in [0.15, 0.2) is 0 Å². The predicted octanol–water partition coefficient (Wildman–Crippen LogP) is 14.5. The zero-order valence-electron chi connectivity index (χ0n) is 41.3. The average molecular weight is 1050 g/mol. The van der Waals surface area contributed by atoms with Crippen molar-refractivity contribution >= 4 is 70.7 Å². The van der Waals surface area contributed by atoms with Gasteiger partial charge in [0.05, 0.1) is 0 Å². The second kappa shape index (κ2) is 21.3. The summed E-state index contributed by atoms with van der Waals surface area (Å²) in [6, 6.07) is 74.8. The molecular formula is C62H55F3GeN2O4S. The predicted molar refractivity (Wildman–Crippen MR) is 295 cm³/mol. The molecule has 9 aromatic rings. The van der Waals surface area contributed by atoms with Gasteiger partial charge in [-0.25, -0.2) is 0 Å². The molecule has 0 saturated heterocycles. The number of rotatable bonds is 16. The Kier molecular flexibility index (Phi) is 14.7. The third-order valence-electron chi connectivity index (χ3n) is 13.4. The Morgan fingerprint density at radius 3 is 1.04 bits per heavy atom. The summed E-state index contributed by atoms with van der Waals surface area (Å²) in [4.78, 5) is 4.24. The van der Waals surface area contributed by atoms with Crippen molar-refractivity contribution in [3.8, 4) is 22.6 Å². The van der Waals surface area contributed by atoms with Crippen molar-refractivity contribution in [3.63, 3.8) is 0 Å². The van der Waals surface area contributed by atoms with E-state index >= 15 is 0 Å². The molecule has 0 saturated carbocycles. The molecule has 0 unspecified atom stereocenters. The van der Waals surface area contributed by atoms with E-state index < -0.39 is 34.6 Å². The van der Waals surface area contributed by atoms with Crippen molar-refractivity contribution in [2.45, 2.75) is 44.9 Å². The van der Waals surface area contributed by atoms with Crippen LogP contribution in [0.15, 0.2) is 218 Å². The van der Waals surface area contributed by atoms with Gasteiger partial charge in [-0.15, -0.1) is 0 Å². The van der Waals surface area contributed by atoms with Crippen molar-refractivity contribution < 1.29 is 30.5 Å². The van der Waals surface area contributed by atoms with Crippen molar-refractivity contribution in [1.82, 2.24) is 0 Å². The number of anilines is 6. The number of halogens is 3. The molecule has 0 fully saturated rings. The fourth-order valence-electron chi connectivity index (χ4n) is 9.34. The SMILES string of the molecule is COc1ccc(C[CH2][Ge]([c]2ccc(C)cc2)([c]2ccc(C)cc2)[c]2ccc(N(c3ccc(C)cc3)c3ccc(-c4ccc(N(c5ccc(C)cc5)c5ccc(OS(=O)(=O)C(F)(F)F)cc5)cc4)cc3)cc2)cc1. The molecule has 6 nitrogen and oxygen atoms in total. The van der Waals surface area contributed by atoms with E-state index in [4.69, 9.17) is 4.74 Å². The zero-order chi connectivity index (χ0) is 51.3. The van der Waals surface area contributed by atoms with Gasteiger partial charge in [-0.3, -0.25) is 0 Å². The molecule has 0 heterocycles. The minimum absolute atomic E-state index is 0.445. The van der Waals surface area contributed by atoms with Crippen LogP contribution in [0.5, 0.6) is 11.5 Å². The van der Waals surface area contributed by atoms with E-state index in [-0.39, 0.29) is 0 Å². The number of aryl methyl sites for hydroxylation is 5. The van der Waals surface area contributed by atoms with Crippen molar-refractivity contribution in [2.24, 2.45) is 0 Å². The van der Waals surface area contributed by atoms with Crippen LogP contribution in [-0.4, -0.2) is 34.3 Å². The molecular weight excluding hydrogens is 998 g/mol. The molecule has 0 aromatic heterocycles. The van der Waals surface area contributed by atoms with Crippen LogP contribution in [0.25, 0.3) is 11.1 Å². The molecule has 11 heteroatoms. The Bertz CT molecular complexity index is 3340. The quantitative estimate of drug-likeness (QED) is 0.0546. The van der Waals surface area contributed by atoms with E-state index in [0.717, 1.165) is 62.6 Å². The van der Waals surface area contributed by atoms with Gasteiger partial charge >= 0.3 is 317 Å². The fraction of sp³-hybridized carbons (Fsp3) is 0.129. The summed E-state index contributed by atoms with van der Waals surface area (Å²) in [7, 11) is -4.11. The van der Waals surface area contributed by atoms with Crippen LogP contribution in [0.1, 0.15) is 27.8 Å². The van der Waals surface area contributed by atoms with Crippen molar-refractivity contribution in [2.75, 3.05) is 16.9 Å². The third-order valence-corrected chi connectivity index (χ3v) is 24.8. The second-order valence-corrected chi connectivity index (χ2v) is 28.5. The van der Waals surface area contributed by atoms with Crippen LogP contribution in [0.4, 0.5) is 47.3 Å². The first-order valence-corrected chi connectivity index (χ1v) is 30.1. The summed E-state index contributed by atoms with van der Waals surface area (Å²) in [5.41, 5.74) is 7.70. The molecule has 0 aliphatic heterocycles. The van der Waals surface area contributed by atoms with E-state index in [1.165, 1.54) is 59.7 Å². The Morgan fingerprint density at radius 1 is 0.411 bits per heavy atom. The van der Waals surface area contributed by atoms with Gasteiger partial charge in [0.1, 0.15) is 5.75 Å². The van der Waals surface area contributed by atoms with E-state index in [9.17, 15) is 21.6 Å². The first kappa shape index (κ1) is 50.4. The summed E-state index contributed by atoms with van der Waals surface area (Å²) >= 11 is -3.38. The van der Waals surface area contributed by atoms with Crippen LogP contribution in [-0.2, 0) is 16.5 Å². The van der Waals surface area contributed by atoms with Gasteiger partial charge in [-0.1, -0.05) is 17.7 Å². The van der Waals surface area contributed by atoms with Crippen LogP contribution in [0, 0.1) is 27.7 Å². The number of benzene rings is 9. The molecule has 0 amide bonds. The summed E-state index contributed by atoms with van der Waals surface area (Å²) in [5, 5.41) is 1.02. The molecule has 0 aliphatic carbocycles. The topological polar surface area (TPSA) is 59.1 Å². The molecule has 0 atom stereocenters. The monoisotopic (exact) mass is 1050 g/mol. The second-order valence-electron chi connectivity index (χ2n) is 18.4. The standard InChI is InChI=1S/C62H55F3GeN2O4S/c1-44-6-20-51(21-7-44)66(52-22-8-45(2)9-23-52,43-42-48-14-38-60(71-5)39-15-48)53-24-34-58(35-25-53)67(54-26-10-46(3)11-27-54)56-30-16-49(17-31-56)50-18-32-57(33-19-50)68(55-28-12-47(4)13-29-55)59-36-40-61(41-37-59)72-73(69,70)62(63,64)65/h6-41H,42-43H2,1-5H3. The molecule has 9 aromatic carbocycles. The van der Waals surface area contributed by atoms with Gasteiger partial charge in [-0.05, 0) is 43.3 Å². The Hall–Kier alpha value is -7.54. The third kappa shape index (κ3) is 11.1. The number of alkyl halides is 3. The first-order valence-electron chi connectivity index (χ1n) is 24.0. The molecule has 0 bridgehead atoms. The fourth-order valence-corrected chi connectivity index (χ4v) is 19.7. The maximum absolute atomic E-state index is 13.1. The van der Waals surface area contributed by atoms with Crippen LogP contribution in [0.3, 0.4) is 0 Å². The van der Waals surface area contributed by atoms with E-state index in [0.29, 0.717) is 5.69 Å². The van der Waals surface area contributed by atoms with Gasteiger partial charge < -0.3 is 9.08 Å². The molecule has 0 spiro atoms. The summed E-state index contributed by atoms with van der Waals surface area (Å²) < 4.78 is 76.7. The van der Waals surface area contributed by atoms with Crippen LogP contribution in [0.2, 0.25) is 5.25 Å². The van der Waals surface area contributed by atoms with Crippen molar-refractivity contribution in [1.29, 1.82) is 0 Å². The van der Waals surface area contributed by atoms with Gasteiger partial charge in [0, 0.05) is 17.1 Å². The van der Waals surface area contributed by atoms with Crippen LogP contribution >= 0.6 is 0 Å². The molecule has 0 N–H and O–H groups in total.